The van der Waals surface area contributed by atoms with Crippen LogP contribution in [0.5, 0.6) is 0 Å². The second-order valence-corrected chi connectivity index (χ2v) is 11.9. The second-order valence-electron chi connectivity index (χ2n) is 11.9. The molecule has 0 fully saturated rings. The molecule has 0 saturated carbocycles. The molecule has 0 unspecified atom stereocenters. The zero-order chi connectivity index (χ0) is 31.2. The zero-order valence-corrected chi connectivity index (χ0v) is 25.6. The van der Waals surface area contributed by atoms with Crippen LogP contribution in [0.2, 0.25) is 0 Å². The minimum atomic E-state index is 0.657. The number of hydrogen-bond acceptors (Lipinski definition) is 2. The molecule has 9 rings (SSSR count). The standard InChI is InChI=1S/C44H29N3/c1-3-11-30(12-4-1)33-16-9-17-34(25-33)35-18-10-19-36(26-35)38-28-45-44(46-29-38)47-42-24-22-37(31-13-5-2-6-14-31)27-41(42)40-23-21-32-15-7-8-20-39(32)43(40)47/h1-29H. The van der Waals surface area contributed by atoms with Crippen LogP contribution in [0.15, 0.2) is 176 Å². The smallest absolute Gasteiger partial charge is 0.234 e. The molecule has 0 aliphatic rings. The van der Waals surface area contributed by atoms with Gasteiger partial charge >= 0.3 is 0 Å². The summed E-state index contributed by atoms with van der Waals surface area (Å²) in [5.41, 5.74) is 11.4. The summed E-state index contributed by atoms with van der Waals surface area (Å²) >= 11 is 0. The fourth-order valence-corrected chi connectivity index (χ4v) is 6.77. The minimum absolute atomic E-state index is 0.657. The minimum Gasteiger partial charge on any atom is -0.277 e. The van der Waals surface area contributed by atoms with E-state index in [0.717, 1.165) is 27.7 Å². The molecule has 2 heterocycles. The Bertz CT molecular complexity index is 2550. The maximum atomic E-state index is 4.99. The highest BCUT2D eigenvalue weighted by atomic mass is 15.1. The third-order valence-electron chi connectivity index (χ3n) is 9.10. The maximum absolute atomic E-state index is 4.99. The van der Waals surface area contributed by atoms with Crippen LogP contribution in [0.3, 0.4) is 0 Å². The molecule has 3 nitrogen and oxygen atoms in total. The summed E-state index contributed by atoms with van der Waals surface area (Å²) in [7, 11) is 0. The van der Waals surface area contributed by atoms with Crippen molar-refractivity contribution in [1.82, 2.24) is 14.5 Å². The Labute approximate surface area is 273 Å². The highest BCUT2D eigenvalue weighted by Crippen LogP contribution is 2.38. The van der Waals surface area contributed by atoms with Gasteiger partial charge in [-0.05, 0) is 68.6 Å². The fourth-order valence-electron chi connectivity index (χ4n) is 6.77. The Hall–Kier alpha value is -6.32. The molecular formula is C44H29N3. The molecule has 0 aliphatic carbocycles. The van der Waals surface area contributed by atoms with Gasteiger partial charge in [-0.1, -0.05) is 140 Å². The van der Waals surface area contributed by atoms with E-state index in [9.17, 15) is 0 Å². The second kappa shape index (κ2) is 11.2. The third-order valence-corrected chi connectivity index (χ3v) is 9.10. The fraction of sp³-hybridized carbons (Fsp3) is 0. The largest absolute Gasteiger partial charge is 0.277 e. The van der Waals surface area contributed by atoms with E-state index in [1.165, 1.54) is 49.4 Å². The molecule has 0 spiro atoms. The first-order valence-corrected chi connectivity index (χ1v) is 15.9. The first kappa shape index (κ1) is 27.0. The van der Waals surface area contributed by atoms with Crippen LogP contribution < -0.4 is 0 Å². The lowest BCUT2D eigenvalue weighted by atomic mass is 9.97. The summed E-state index contributed by atoms with van der Waals surface area (Å²) in [6.07, 6.45) is 3.89. The summed E-state index contributed by atoms with van der Waals surface area (Å²) in [6.45, 7) is 0. The van der Waals surface area contributed by atoms with Crippen molar-refractivity contribution in [3.05, 3.63) is 176 Å². The number of aromatic nitrogens is 3. The van der Waals surface area contributed by atoms with Gasteiger partial charge in [-0.3, -0.25) is 4.57 Å². The van der Waals surface area contributed by atoms with Gasteiger partial charge in [-0.2, -0.15) is 0 Å². The van der Waals surface area contributed by atoms with Gasteiger partial charge in [0, 0.05) is 34.1 Å². The molecule has 0 bridgehead atoms. The van der Waals surface area contributed by atoms with E-state index in [1.54, 1.807) is 0 Å². The quantitative estimate of drug-likeness (QED) is 0.197. The van der Waals surface area contributed by atoms with Gasteiger partial charge in [0.25, 0.3) is 0 Å². The Morgan fingerprint density at radius 1 is 0.340 bits per heavy atom. The summed E-state index contributed by atoms with van der Waals surface area (Å²) in [6, 6.07) is 58.1. The number of nitrogens with zero attached hydrogens (tertiary/aromatic N) is 3. The first-order chi connectivity index (χ1) is 23.3. The molecule has 0 amide bonds. The highest BCUT2D eigenvalue weighted by molar-refractivity contribution is 6.19. The molecule has 0 saturated heterocycles. The van der Waals surface area contributed by atoms with Gasteiger partial charge in [0.2, 0.25) is 5.95 Å². The van der Waals surface area contributed by atoms with E-state index in [4.69, 9.17) is 9.97 Å². The molecule has 9 aromatic rings. The van der Waals surface area contributed by atoms with Crippen molar-refractivity contribution >= 4 is 32.6 Å². The Kier molecular flexibility index (Phi) is 6.46. The van der Waals surface area contributed by atoms with Crippen molar-refractivity contribution in [2.45, 2.75) is 0 Å². The average molecular weight is 600 g/mol. The lowest BCUT2D eigenvalue weighted by Gasteiger charge is -2.10. The predicted molar refractivity (Wildman–Crippen MR) is 196 cm³/mol. The summed E-state index contributed by atoms with van der Waals surface area (Å²) in [4.78, 5) is 9.99. The highest BCUT2D eigenvalue weighted by Gasteiger charge is 2.17. The van der Waals surface area contributed by atoms with Crippen LogP contribution in [-0.4, -0.2) is 14.5 Å². The van der Waals surface area contributed by atoms with Gasteiger partial charge in [-0.15, -0.1) is 0 Å². The molecular weight excluding hydrogens is 571 g/mol. The Balaban J connectivity index is 1.15. The maximum Gasteiger partial charge on any atom is 0.234 e. The zero-order valence-electron chi connectivity index (χ0n) is 25.6. The van der Waals surface area contributed by atoms with E-state index < -0.39 is 0 Å². The Morgan fingerprint density at radius 2 is 0.872 bits per heavy atom. The molecule has 0 aliphatic heterocycles. The average Bonchev–Trinajstić information content (AvgIpc) is 3.50. The van der Waals surface area contributed by atoms with E-state index in [1.807, 2.05) is 12.4 Å². The van der Waals surface area contributed by atoms with Crippen molar-refractivity contribution in [3.63, 3.8) is 0 Å². The summed E-state index contributed by atoms with van der Waals surface area (Å²) in [5, 5.41) is 4.75. The lowest BCUT2D eigenvalue weighted by Crippen LogP contribution is -2.01. The van der Waals surface area contributed by atoms with Crippen molar-refractivity contribution in [3.8, 4) is 50.5 Å². The van der Waals surface area contributed by atoms with Gasteiger partial charge in [-0.25, -0.2) is 9.97 Å². The van der Waals surface area contributed by atoms with E-state index in [-0.39, 0.29) is 0 Å². The number of hydrogen-bond donors (Lipinski definition) is 0. The van der Waals surface area contributed by atoms with Crippen LogP contribution in [0.4, 0.5) is 0 Å². The van der Waals surface area contributed by atoms with Gasteiger partial charge in [0.1, 0.15) is 0 Å². The third kappa shape index (κ3) is 4.77. The molecule has 0 radical (unpaired) electrons. The van der Waals surface area contributed by atoms with Gasteiger partial charge in [0.05, 0.1) is 11.0 Å². The van der Waals surface area contributed by atoms with Gasteiger partial charge < -0.3 is 0 Å². The molecule has 7 aromatic carbocycles. The molecule has 2 aromatic heterocycles. The first-order valence-electron chi connectivity index (χ1n) is 15.9. The summed E-state index contributed by atoms with van der Waals surface area (Å²) < 4.78 is 2.22. The van der Waals surface area contributed by atoms with Crippen LogP contribution in [0.1, 0.15) is 0 Å². The van der Waals surface area contributed by atoms with Crippen LogP contribution in [-0.2, 0) is 0 Å². The SMILES string of the molecule is c1ccc(-c2cccc(-c3cccc(-c4cnc(-n5c6ccc(-c7ccccc7)cc6c6ccc7ccccc7c65)nc4)c3)c2)cc1. The van der Waals surface area contributed by atoms with Crippen molar-refractivity contribution in [2.75, 3.05) is 0 Å². The molecule has 220 valence electrons. The van der Waals surface area contributed by atoms with Gasteiger partial charge in [0.15, 0.2) is 0 Å². The van der Waals surface area contributed by atoms with Crippen molar-refractivity contribution in [2.24, 2.45) is 0 Å². The topological polar surface area (TPSA) is 30.7 Å². The number of benzene rings is 7. The van der Waals surface area contributed by atoms with E-state index in [0.29, 0.717) is 5.95 Å². The van der Waals surface area contributed by atoms with Crippen molar-refractivity contribution < 1.29 is 0 Å². The summed E-state index contributed by atoms with van der Waals surface area (Å²) in [5.74, 6) is 0.657. The lowest BCUT2D eigenvalue weighted by molar-refractivity contribution is 0.992. The number of rotatable bonds is 5. The number of fused-ring (bicyclic) bond motifs is 5. The molecule has 3 heteroatoms. The van der Waals surface area contributed by atoms with E-state index in [2.05, 4.69) is 168 Å². The molecule has 47 heavy (non-hydrogen) atoms. The van der Waals surface area contributed by atoms with Crippen molar-refractivity contribution in [1.29, 1.82) is 0 Å². The molecule has 0 N–H and O–H groups in total. The normalized spacial score (nSPS) is 11.4. The predicted octanol–water partition coefficient (Wildman–Crippen LogP) is 11.4. The van der Waals surface area contributed by atoms with Crippen LogP contribution in [0.25, 0.3) is 83.0 Å². The van der Waals surface area contributed by atoms with E-state index >= 15 is 0 Å². The molecule has 0 atom stereocenters. The Morgan fingerprint density at radius 3 is 1.53 bits per heavy atom. The van der Waals surface area contributed by atoms with Crippen LogP contribution >= 0.6 is 0 Å². The van der Waals surface area contributed by atoms with Crippen LogP contribution in [0, 0.1) is 0 Å². The monoisotopic (exact) mass is 599 g/mol.